The highest BCUT2D eigenvalue weighted by Crippen LogP contribution is 2.48. The number of anilines is 1. The number of hydrogen-bond donors (Lipinski definition) is 4. The number of nitrogens with one attached hydrogen (secondary N) is 4. The van der Waals surface area contributed by atoms with E-state index in [9.17, 15) is 14.4 Å². The molecular formula is C30H34N6O4S. The Morgan fingerprint density at radius 3 is 2.68 bits per heavy atom. The number of nitrogens with zero attached hydrogens (tertiary/aromatic N) is 2. The number of ether oxygens (including phenoxy) is 1. The van der Waals surface area contributed by atoms with Gasteiger partial charge in [0.2, 0.25) is 11.8 Å². The first-order valence-electron chi connectivity index (χ1n) is 14.1. The number of aromatic nitrogens is 1. The van der Waals surface area contributed by atoms with Gasteiger partial charge in [-0.2, -0.15) is 0 Å². The predicted molar refractivity (Wildman–Crippen MR) is 157 cm³/mol. The lowest BCUT2D eigenvalue weighted by molar-refractivity contribution is -0.120. The molecule has 10 nitrogen and oxygen atoms in total. The summed E-state index contributed by atoms with van der Waals surface area (Å²) < 4.78 is 5.89. The zero-order valence-corrected chi connectivity index (χ0v) is 23.7. The maximum Gasteiger partial charge on any atom is 0.326 e. The lowest BCUT2D eigenvalue weighted by atomic mass is 9.86. The van der Waals surface area contributed by atoms with Crippen molar-refractivity contribution in [3.63, 3.8) is 0 Å². The third-order valence-corrected chi connectivity index (χ3v) is 9.59. The van der Waals surface area contributed by atoms with Crippen molar-refractivity contribution < 1.29 is 19.1 Å². The van der Waals surface area contributed by atoms with E-state index in [4.69, 9.17) is 4.74 Å². The molecule has 4 amide bonds. The number of thioether (sulfide) groups is 1. The van der Waals surface area contributed by atoms with Gasteiger partial charge in [0, 0.05) is 41.6 Å². The lowest BCUT2D eigenvalue weighted by Gasteiger charge is -2.46. The van der Waals surface area contributed by atoms with Crippen LogP contribution in [0.1, 0.15) is 37.7 Å². The monoisotopic (exact) mass is 574 g/mol. The number of pyridine rings is 1. The number of benzene rings is 1. The van der Waals surface area contributed by atoms with Gasteiger partial charge >= 0.3 is 6.03 Å². The van der Waals surface area contributed by atoms with Gasteiger partial charge in [-0.25, -0.2) is 9.78 Å². The molecule has 214 valence electrons. The molecule has 2 saturated heterocycles. The van der Waals surface area contributed by atoms with Gasteiger partial charge in [-0.1, -0.05) is 37.2 Å². The number of urea groups is 1. The first-order valence-corrected chi connectivity index (χ1v) is 15.0. The maximum absolute atomic E-state index is 13.7. The molecule has 0 bridgehead atoms. The number of aryl methyl sites for hydroxylation is 1. The van der Waals surface area contributed by atoms with Crippen molar-refractivity contribution in [1.82, 2.24) is 26.3 Å². The minimum atomic E-state index is -0.245. The molecule has 11 heteroatoms. The van der Waals surface area contributed by atoms with Crippen LogP contribution in [0.15, 0.2) is 65.9 Å². The first-order chi connectivity index (χ1) is 19.9. The second kappa shape index (κ2) is 11.6. The van der Waals surface area contributed by atoms with E-state index in [-0.39, 0.29) is 47.3 Å². The van der Waals surface area contributed by atoms with Crippen LogP contribution >= 0.6 is 11.8 Å². The fourth-order valence-electron chi connectivity index (χ4n) is 6.34. The second-order valence-corrected chi connectivity index (χ2v) is 12.0. The van der Waals surface area contributed by atoms with Gasteiger partial charge in [-0.15, -0.1) is 0 Å². The van der Waals surface area contributed by atoms with Crippen LogP contribution in [0.3, 0.4) is 0 Å². The average molecular weight is 575 g/mol. The molecule has 41 heavy (non-hydrogen) atoms. The molecule has 2 aromatic rings. The van der Waals surface area contributed by atoms with Crippen LogP contribution in [0.4, 0.5) is 10.5 Å². The molecule has 4 aliphatic rings. The summed E-state index contributed by atoms with van der Waals surface area (Å²) in [5.74, 6) is 0.650. The Kier molecular flexibility index (Phi) is 7.72. The van der Waals surface area contributed by atoms with E-state index in [1.165, 1.54) is 17.8 Å². The topological polar surface area (TPSA) is 125 Å². The highest BCUT2D eigenvalue weighted by atomic mass is 32.2. The van der Waals surface area contributed by atoms with Crippen molar-refractivity contribution in [2.75, 3.05) is 11.4 Å². The number of hydrogen-bond acceptors (Lipinski definition) is 7. The number of carbonyl (C=O) groups excluding carboxylic acids is 3. The van der Waals surface area contributed by atoms with E-state index in [2.05, 4.69) is 32.8 Å². The fourth-order valence-corrected chi connectivity index (χ4v) is 7.74. The average Bonchev–Trinajstić information content (AvgIpc) is 3.35. The van der Waals surface area contributed by atoms with Crippen molar-refractivity contribution in [2.45, 2.75) is 62.5 Å². The van der Waals surface area contributed by atoms with E-state index in [1.54, 1.807) is 12.3 Å². The Bertz CT molecular complexity index is 1400. The predicted octanol–water partition coefficient (Wildman–Crippen LogP) is 3.70. The Labute approximate surface area is 243 Å². The minimum Gasteiger partial charge on any atom is -0.439 e. The van der Waals surface area contributed by atoms with Crippen LogP contribution in [-0.2, 0) is 9.59 Å². The summed E-state index contributed by atoms with van der Waals surface area (Å²) in [6, 6.07) is 10.5. The summed E-state index contributed by atoms with van der Waals surface area (Å²) in [5.41, 5.74) is 2.40. The summed E-state index contributed by atoms with van der Waals surface area (Å²) in [4.78, 5) is 45.8. The molecular weight excluding hydrogens is 540 g/mol. The Morgan fingerprint density at radius 2 is 1.95 bits per heavy atom. The van der Waals surface area contributed by atoms with Crippen LogP contribution in [0, 0.1) is 12.8 Å². The molecule has 3 unspecified atom stereocenters. The summed E-state index contributed by atoms with van der Waals surface area (Å²) in [6.45, 7) is 6.25. The Balaban J connectivity index is 1.23. The molecule has 4 N–H and O–H groups in total. The van der Waals surface area contributed by atoms with Crippen molar-refractivity contribution in [3.8, 4) is 11.6 Å². The van der Waals surface area contributed by atoms with Crippen LogP contribution in [0.2, 0.25) is 0 Å². The Morgan fingerprint density at radius 1 is 1.15 bits per heavy atom. The summed E-state index contributed by atoms with van der Waals surface area (Å²) >= 11 is 1.48. The summed E-state index contributed by atoms with van der Waals surface area (Å²) in [7, 11) is 0. The lowest BCUT2D eigenvalue weighted by Crippen LogP contribution is -2.62. The second-order valence-electron chi connectivity index (χ2n) is 10.8. The van der Waals surface area contributed by atoms with Gasteiger partial charge in [0.15, 0.2) is 0 Å². The minimum absolute atomic E-state index is 0.0257. The Hall–Kier alpha value is -3.83. The van der Waals surface area contributed by atoms with Gasteiger partial charge < -0.3 is 26.0 Å². The molecule has 1 aromatic carbocycles. The van der Waals surface area contributed by atoms with E-state index in [1.807, 2.05) is 42.2 Å². The molecule has 1 aromatic heterocycles. The van der Waals surface area contributed by atoms with Crippen LogP contribution in [-0.4, -0.2) is 52.9 Å². The van der Waals surface area contributed by atoms with E-state index >= 15 is 0 Å². The molecule has 6 rings (SSSR count). The molecule has 0 radical (unpaired) electrons. The van der Waals surface area contributed by atoms with Gasteiger partial charge in [0.05, 0.1) is 16.3 Å². The third kappa shape index (κ3) is 5.43. The van der Waals surface area contributed by atoms with E-state index in [0.29, 0.717) is 22.2 Å². The number of carbonyl (C=O) groups is 3. The SMILES string of the molecule is C=CC(=O)N[C@H]1CCCC[C@H]1NC(=O)C1=C2NC(=O)N(c3ccc(Oc4ccccn4)cc3C)C3CCNC(S1)C23. The molecule has 1 saturated carbocycles. The van der Waals surface area contributed by atoms with Crippen LogP contribution < -0.4 is 30.9 Å². The number of rotatable bonds is 7. The molecule has 3 fully saturated rings. The van der Waals surface area contributed by atoms with Crippen molar-refractivity contribution in [2.24, 2.45) is 5.92 Å². The number of amides is 4. The zero-order valence-electron chi connectivity index (χ0n) is 22.9. The normalized spacial score (nSPS) is 27.0. The molecule has 0 spiro atoms. The summed E-state index contributed by atoms with van der Waals surface area (Å²) in [5, 5.41) is 12.7. The van der Waals surface area contributed by atoms with E-state index in [0.717, 1.165) is 49.9 Å². The zero-order chi connectivity index (χ0) is 28.5. The quantitative estimate of drug-likeness (QED) is 0.372. The fraction of sp³-hybridized carbons (Fsp3) is 0.400. The van der Waals surface area contributed by atoms with E-state index < -0.39 is 0 Å². The van der Waals surface area contributed by atoms with Gasteiger partial charge in [0.25, 0.3) is 5.91 Å². The van der Waals surface area contributed by atoms with Gasteiger partial charge in [0.1, 0.15) is 5.75 Å². The summed E-state index contributed by atoms with van der Waals surface area (Å²) in [6.07, 6.45) is 7.26. The molecule has 3 aliphatic heterocycles. The largest absolute Gasteiger partial charge is 0.439 e. The highest BCUT2D eigenvalue weighted by Gasteiger charge is 2.52. The standard InChI is InChI=1S/C30H34N6O4S/c1-3-23(37)33-19-8-4-5-9-20(19)34-28(38)27-26-25-22(13-15-32-29(25)41-27)36(30(39)35-26)21-12-11-18(16-17(21)2)40-24-10-6-7-14-31-24/h3,6-7,10-12,14,16,19-20,22,25,29,32H,1,4-5,8-9,13,15H2,2H3,(H,33,37)(H,34,38)(H,35,39)/t19-,20+,22?,25?,29?/m0/s1. The first kappa shape index (κ1) is 27.3. The highest BCUT2D eigenvalue weighted by molar-refractivity contribution is 8.04. The molecule has 4 heterocycles. The van der Waals surface area contributed by atoms with Gasteiger partial charge in [-0.05, 0) is 68.6 Å². The van der Waals surface area contributed by atoms with Crippen molar-refractivity contribution in [3.05, 3.63) is 71.4 Å². The smallest absolute Gasteiger partial charge is 0.326 e. The molecule has 1 aliphatic carbocycles. The van der Waals surface area contributed by atoms with Crippen molar-refractivity contribution >= 4 is 35.3 Å². The van der Waals surface area contributed by atoms with Crippen LogP contribution in [0.5, 0.6) is 11.6 Å². The van der Waals surface area contributed by atoms with Crippen molar-refractivity contribution in [1.29, 1.82) is 0 Å². The third-order valence-electron chi connectivity index (χ3n) is 8.23. The van der Waals surface area contributed by atoms with Crippen LogP contribution in [0.25, 0.3) is 0 Å². The van der Waals surface area contributed by atoms with Gasteiger partial charge in [-0.3, -0.25) is 14.5 Å². The maximum atomic E-state index is 13.7. The number of piperidine rings is 1. The molecule has 5 atom stereocenters.